The molecule has 2 aromatic heterocycles. The molecule has 0 radical (unpaired) electrons. The number of fused-ring (bicyclic) bond motifs is 1. The van der Waals surface area contributed by atoms with Gasteiger partial charge in [0, 0.05) is 32.2 Å². The number of carbonyl (C=O) groups excluding carboxylic acids is 1. The normalized spacial score (nSPS) is 18.5. The largest absolute Gasteiger partial charge is 0.368 e. The number of piperazine rings is 1. The third-order valence-corrected chi connectivity index (χ3v) is 4.94. The molecule has 132 valence electrons. The third kappa shape index (κ3) is 3.82. The molecule has 2 aliphatic rings. The molecule has 1 saturated carbocycles. The second-order valence-electron chi connectivity index (χ2n) is 6.75. The van der Waals surface area contributed by atoms with Gasteiger partial charge in [0.2, 0.25) is 0 Å². The van der Waals surface area contributed by atoms with Crippen molar-refractivity contribution in [2.45, 2.75) is 31.7 Å². The smallest absolute Gasteiger partial charge is 0.320 e. The van der Waals surface area contributed by atoms with Gasteiger partial charge in [-0.2, -0.15) is 0 Å². The lowest BCUT2D eigenvalue weighted by molar-refractivity contribution is 0.248. The number of rotatable bonds is 3. The number of carbonyl (C=O) groups is 1. The maximum absolute atomic E-state index is 12.1. The van der Waals surface area contributed by atoms with Crippen LogP contribution < -0.4 is 20.9 Å². The molecule has 7 nitrogen and oxygen atoms in total. The number of nitrogens with zero attached hydrogens (tertiary/aromatic N) is 3. The molecule has 1 aliphatic heterocycles. The van der Waals surface area contributed by atoms with Crippen LogP contribution in [0.4, 0.5) is 16.3 Å². The average Bonchev–Trinajstić information content (AvgIpc) is 3.14. The summed E-state index contributed by atoms with van der Waals surface area (Å²) >= 11 is 0. The van der Waals surface area contributed by atoms with E-state index in [-0.39, 0.29) is 6.03 Å². The fourth-order valence-electron chi connectivity index (χ4n) is 3.57. The number of urea groups is 1. The molecular formula is C18H24N6O. The highest BCUT2D eigenvalue weighted by Crippen LogP contribution is 2.21. The first-order chi connectivity index (χ1) is 12.3. The standard InChI is InChI=1S/C18H24N6O/c25-18(21-13-3-1-2-4-13)23-17-6-5-15-16(22-17)11-14(12-20-15)24-9-7-19-8-10-24/h5-6,11-13,19H,1-4,7-10H2,(H2,21,22,23,25). The number of hydrogen-bond acceptors (Lipinski definition) is 5. The molecule has 2 amide bonds. The predicted octanol–water partition coefficient (Wildman–Crippen LogP) is 2.10. The van der Waals surface area contributed by atoms with Crippen LogP contribution in [-0.2, 0) is 0 Å². The molecule has 0 aromatic carbocycles. The fourth-order valence-corrected chi connectivity index (χ4v) is 3.57. The van der Waals surface area contributed by atoms with Crippen molar-refractivity contribution in [2.24, 2.45) is 0 Å². The van der Waals surface area contributed by atoms with Crippen LogP contribution in [0.1, 0.15) is 25.7 Å². The first-order valence-corrected chi connectivity index (χ1v) is 9.08. The maximum Gasteiger partial charge on any atom is 0.320 e. The van der Waals surface area contributed by atoms with Crippen molar-refractivity contribution < 1.29 is 4.79 Å². The van der Waals surface area contributed by atoms with Gasteiger partial charge in [0.25, 0.3) is 0 Å². The van der Waals surface area contributed by atoms with E-state index >= 15 is 0 Å². The minimum Gasteiger partial charge on any atom is -0.368 e. The maximum atomic E-state index is 12.1. The van der Waals surface area contributed by atoms with E-state index in [0.29, 0.717) is 11.9 Å². The van der Waals surface area contributed by atoms with Gasteiger partial charge in [0.1, 0.15) is 5.82 Å². The van der Waals surface area contributed by atoms with Crippen molar-refractivity contribution in [3.05, 3.63) is 24.4 Å². The monoisotopic (exact) mass is 340 g/mol. The Bertz CT molecular complexity index is 752. The van der Waals surface area contributed by atoms with E-state index in [2.05, 4.69) is 30.8 Å². The molecule has 0 bridgehead atoms. The van der Waals surface area contributed by atoms with E-state index in [1.807, 2.05) is 18.3 Å². The Morgan fingerprint density at radius 3 is 2.76 bits per heavy atom. The second-order valence-corrected chi connectivity index (χ2v) is 6.75. The Hall–Kier alpha value is -2.41. The van der Waals surface area contributed by atoms with Gasteiger partial charge in [-0.15, -0.1) is 0 Å². The summed E-state index contributed by atoms with van der Waals surface area (Å²) in [6.07, 6.45) is 6.42. The molecule has 2 aromatic rings. The van der Waals surface area contributed by atoms with Gasteiger partial charge < -0.3 is 15.5 Å². The Balaban J connectivity index is 1.48. The summed E-state index contributed by atoms with van der Waals surface area (Å²) in [5.41, 5.74) is 2.71. The molecule has 1 aliphatic carbocycles. The number of hydrogen-bond donors (Lipinski definition) is 3. The number of pyridine rings is 2. The van der Waals surface area contributed by atoms with Crippen LogP contribution in [0, 0.1) is 0 Å². The molecule has 0 unspecified atom stereocenters. The highest BCUT2D eigenvalue weighted by Gasteiger charge is 2.17. The zero-order chi connectivity index (χ0) is 17.1. The van der Waals surface area contributed by atoms with Crippen molar-refractivity contribution in [2.75, 3.05) is 36.4 Å². The molecule has 0 spiro atoms. The van der Waals surface area contributed by atoms with Gasteiger partial charge in [-0.3, -0.25) is 10.3 Å². The molecule has 3 heterocycles. The van der Waals surface area contributed by atoms with Crippen LogP contribution in [0.2, 0.25) is 0 Å². The number of amides is 2. The van der Waals surface area contributed by atoms with E-state index in [1.165, 1.54) is 12.8 Å². The van der Waals surface area contributed by atoms with Crippen molar-refractivity contribution in [1.29, 1.82) is 0 Å². The molecule has 25 heavy (non-hydrogen) atoms. The third-order valence-electron chi connectivity index (χ3n) is 4.94. The van der Waals surface area contributed by atoms with Crippen LogP contribution in [0.15, 0.2) is 24.4 Å². The molecule has 3 N–H and O–H groups in total. The first kappa shape index (κ1) is 16.1. The summed E-state index contributed by atoms with van der Waals surface area (Å²) < 4.78 is 0. The van der Waals surface area contributed by atoms with Crippen molar-refractivity contribution in [3.8, 4) is 0 Å². The molecule has 2 fully saturated rings. The van der Waals surface area contributed by atoms with E-state index in [4.69, 9.17) is 0 Å². The summed E-state index contributed by atoms with van der Waals surface area (Å²) in [6.45, 7) is 3.90. The number of nitrogens with one attached hydrogen (secondary N) is 3. The zero-order valence-electron chi connectivity index (χ0n) is 14.3. The minimum absolute atomic E-state index is 0.176. The minimum atomic E-state index is -0.176. The van der Waals surface area contributed by atoms with E-state index in [0.717, 1.165) is 55.7 Å². The van der Waals surface area contributed by atoms with Crippen molar-refractivity contribution in [1.82, 2.24) is 20.6 Å². The Kier molecular flexibility index (Phi) is 4.65. The summed E-state index contributed by atoms with van der Waals surface area (Å²) in [7, 11) is 0. The topological polar surface area (TPSA) is 82.2 Å². The summed E-state index contributed by atoms with van der Waals surface area (Å²) in [4.78, 5) is 23.5. The Labute approximate surface area is 147 Å². The summed E-state index contributed by atoms with van der Waals surface area (Å²) in [5.74, 6) is 0.558. The highest BCUT2D eigenvalue weighted by molar-refractivity contribution is 5.90. The van der Waals surface area contributed by atoms with Crippen LogP contribution in [0.3, 0.4) is 0 Å². The predicted molar refractivity (Wildman–Crippen MR) is 99.0 cm³/mol. The summed E-state index contributed by atoms with van der Waals surface area (Å²) in [5, 5.41) is 9.21. The van der Waals surface area contributed by atoms with E-state index < -0.39 is 0 Å². The Morgan fingerprint density at radius 1 is 1.16 bits per heavy atom. The van der Waals surface area contributed by atoms with Gasteiger partial charge in [-0.1, -0.05) is 12.8 Å². The SMILES string of the molecule is O=C(Nc1ccc2ncc(N3CCNCC3)cc2n1)NC1CCCC1. The molecular weight excluding hydrogens is 316 g/mol. The highest BCUT2D eigenvalue weighted by atomic mass is 16.2. The molecule has 4 rings (SSSR count). The molecule has 7 heteroatoms. The Morgan fingerprint density at radius 2 is 1.96 bits per heavy atom. The molecule has 0 atom stereocenters. The van der Waals surface area contributed by atoms with Gasteiger partial charge in [0.05, 0.1) is 22.9 Å². The quantitative estimate of drug-likeness (QED) is 0.797. The first-order valence-electron chi connectivity index (χ1n) is 9.08. The van der Waals surface area contributed by atoms with Gasteiger partial charge >= 0.3 is 6.03 Å². The number of aromatic nitrogens is 2. The average molecular weight is 340 g/mol. The van der Waals surface area contributed by atoms with Crippen LogP contribution in [0.25, 0.3) is 11.0 Å². The van der Waals surface area contributed by atoms with E-state index in [9.17, 15) is 4.79 Å². The van der Waals surface area contributed by atoms with Crippen LogP contribution >= 0.6 is 0 Å². The summed E-state index contributed by atoms with van der Waals surface area (Å²) in [6, 6.07) is 5.86. The number of anilines is 2. The van der Waals surface area contributed by atoms with Gasteiger partial charge in [-0.25, -0.2) is 9.78 Å². The molecule has 1 saturated heterocycles. The van der Waals surface area contributed by atoms with Crippen LogP contribution in [-0.4, -0.2) is 48.2 Å². The fraction of sp³-hybridized carbons (Fsp3) is 0.500. The zero-order valence-corrected chi connectivity index (χ0v) is 14.3. The lowest BCUT2D eigenvalue weighted by Gasteiger charge is -2.29. The second kappa shape index (κ2) is 7.23. The van der Waals surface area contributed by atoms with Crippen molar-refractivity contribution in [3.63, 3.8) is 0 Å². The van der Waals surface area contributed by atoms with Gasteiger partial charge in [0.15, 0.2) is 0 Å². The van der Waals surface area contributed by atoms with E-state index in [1.54, 1.807) is 6.07 Å². The van der Waals surface area contributed by atoms with Crippen LogP contribution in [0.5, 0.6) is 0 Å². The van der Waals surface area contributed by atoms with Crippen molar-refractivity contribution >= 4 is 28.6 Å². The lowest BCUT2D eigenvalue weighted by Crippen LogP contribution is -2.43. The van der Waals surface area contributed by atoms with Gasteiger partial charge in [-0.05, 0) is 31.0 Å². The lowest BCUT2D eigenvalue weighted by atomic mass is 10.2.